The summed E-state index contributed by atoms with van der Waals surface area (Å²) in [5.74, 6) is -1.65. The van der Waals surface area contributed by atoms with Gasteiger partial charge in [-0.05, 0) is 82.1 Å². The summed E-state index contributed by atoms with van der Waals surface area (Å²) in [7, 11) is 0. The number of Topliss-reactive ketones (excluding diaryl/α,β-unsaturated/α-hetero) is 2. The van der Waals surface area contributed by atoms with E-state index >= 15 is 0 Å². The molecule has 1 saturated heterocycles. The van der Waals surface area contributed by atoms with Crippen molar-refractivity contribution in [2.24, 2.45) is 29.1 Å². The number of aromatic nitrogens is 1. The number of carbonyl (C=O) groups excluding carboxylic acids is 3. The fourth-order valence-electron chi connectivity index (χ4n) is 6.69. The van der Waals surface area contributed by atoms with Crippen molar-refractivity contribution >= 4 is 45.2 Å². The topological polar surface area (TPSA) is 126 Å². The molecule has 2 aliphatic rings. The average Bonchev–Trinajstić information content (AvgIpc) is 3.63. The number of hydrogen-bond acceptors (Lipinski definition) is 9. The molecular formula is C34H48N2O6S. The van der Waals surface area contributed by atoms with E-state index in [1.165, 1.54) is 0 Å². The van der Waals surface area contributed by atoms with Crippen LogP contribution in [0.25, 0.3) is 16.3 Å². The van der Waals surface area contributed by atoms with Gasteiger partial charge in [-0.25, -0.2) is 4.98 Å². The van der Waals surface area contributed by atoms with Crippen LogP contribution in [0.2, 0.25) is 0 Å². The first kappa shape index (κ1) is 33.4. The minimum absolute atomic E-state index is 0.0316. The number of esters is 1. The predicted octanol–water partition coefficient (Wildman–Crippen LogP) is 5.35. The van der Waals surface area contributed by atoms with E-state index in [4.69, 9.17) is 9.72 Å². The molecule has 0 unspecified atom stereocenters. The number of ketones is 2. The lowest BCUT2D eigenvalue weighted by atomic mass is 9.73. The van der Waals surface area contributed by atoms with Gasteiger partial charge in [-0.3, -0.25) is 14.4 Å². The Hall–Kier alpha value is -2.46. The molecule has 1 aliphatic carbocycles. The molecule has 7 atom stereocenters. The highest BCUT2D eigenvalue weighted by atomic mass is 32.1. The van der Waals surface area contributed by atoms with E-state index in [2.05, 4.69) is 12.2 Å². The molecule has 8 nitrogen and oxygen atoms in total. The maximum absolute atomic E-state index is 13.4. The number of cyclic esters (lactones) is 1. The average molecular weight is 613 g/mol. The van der Waals surface area contributed by atoms with Crippen molar-refractivity contribution < 1.29 is 29.3 Å². The maximum Gasteiger partial charge on any atom is 0.309 e. The third kappa shape index (κ3) is 7.80. The second kappa shape index (κ2) is 13.7. The van der Waals surface area contributed by atoms with Crippen LogP contribution >= 0.6 is 11.3 Å². The predicted molar refractivity (Wildman–Crippen MR) is 169 cm³/mol. The highest BCUT2D eigenvalue weighted by Crippen LogP contribution is 2.51. The molecule has 0 radical (unpaired) electrons. The Morgan fingerprint density at radius 3 is 2.58 bits per heavy atom. The number of nitrogens with one attached hydrogen (secondary N) is 1. The Morgan fingerprint density at radius 1 is 1.16 bits per heavy atom. The van der Waals surface area contributed by atoms with Crippen LogP contribution in [0.4, 0.5) is 0 Å². The Morgan fingerprint density at radius 2 is 1.88 bits per heavy atom. The Labute approximate surface area is 259 Å². The van der Waals surface area contributed by atoms with E-state index in [0.717, 1.165) is 40.1 Å². The van der Waals surface area contributed by atoms with E-state index in [1.54, 1.807) is 32.1 Å². The van der Waals surface area contributed by atoms with Crippen molar-refractivity contribution in [3.05, 3.63) is 34.8 Å². The first-order chi connectivity index (χ1) is 20.3. The monoisotopic (exact) mass is 612 g/mol. The smallest absolute Gasteiger partial charge is 0.309 e. The van der Waals surface area contributed by atoms with Gasteiger partial charge in [-0.15, -0.1) is 11.3 Å². The number of nitrogens with zero attached hydrogens (tertiary/aromatic N) is 1. The number of hydrogen-bond donors (Lipinski definition) is 3. The summed E-state index contributed by atoms with van der Waals surface area (Å²) in [5, 5.41) is 25.0. The molecule has 1 aromatic carbocycles. The number of fused-ring (bicyclic) bond motifs is 2. The molecule has 2 aromatic rings. The van der Waals surface area contributed by atoms with E-state index in [-0.39, 0.29) is 36.1 Å². The molecule has 9 heteroatoms. The quantitative estimate of drug-likeness (QED) is 0.305. The van der Waals surface area contributed by atoms with Gasteiger partial charge >= 0.3 is 5.97 Å². The fourth-order valence-corrected chi connectivity index (χ4v) is 7.67. The number of carbonyl (C=O) groups is 3. The van der Waals surface area contributed by atoms with E-state index in [0.29, 0.717) is 31.2 Å². The van der Waals surface area contributed by atoms with Crippen LogP contribution < -0.4 is 5.32 Å². The molecule has 4 rings (SSSR count). The van der Waals surface area contributed by atoms with Crippen LogP contribution in [0.3, 0.4) is 0 Å². The molecule has 43 heavy (non-hydrogen) atoms. The second-order valence-corrected chi connectivity index (χ2v) is 14.6. The number of β-amino-alcohol motifs (C(OH)–C–C–N with tert-alkyl or cyclic N) is 1. The lowest BCUT2D eigenvalue weighted by molar-refractivity contribution is -0.154. The van der Waals surface area contributed by atoms with E-state index in [9.17, 15) is 24.6 Å². The first-order valence-corrected chi connectivity index (χ1v) is 16.4. The normalized spacial score (nSPS) is 33.1. The van der Waals surface area contributed by atoms with Crippen LogP contribution in [-0.4, -0.2) is 63.6 Å². The SMILES string of the molecule is C/C(=C\c1nc2ccccc2s1)[C@@H]1C[C@@H]2C[C@@H]2[C@](C)(NCCO)CCC[C@H](C)C(=O)[C@@H](C)C(=O)C(C)(C)[C@@H](O)CC(=O)O1. The number of aliphatic hydroxyl groups is 2. The molecule has 1 saturated carbocycles. The van der Waals surface area contributed by atoms with Crippen molar-refractivity contribution in [3.63, 3.8) is 0 Å². The fraction of sp³-hybridized carbons (Fsp3) is 0.647. The van der Waals surface area contributed by atoms with Gasteiger partial charge in [0.2, 0.25) is 0 Å². The summed E-state index contributed by atoms with van der Waals surface area (Å²) in [5.41, 5.74) is 0.252. The first-order valence-electron chi connectivity index (χ1n) is 15.6. The van der Waals surface area contributed by atoms with Crippen molar-refractivity contribution in [1.82, 2.24) is 10.3 Å². The van der Waals surface area contributed by atoms with Crippen molar-refractivity contribution in [3.8, 4) is 0 Å². The Balaban J connectivity index is 1.64. The molecule has 1 aliphatic heterocycles. The van der Waals surface area contributed by atoms with Crippen LogP contribution in [0, 0.1) is 29.1 Å². The number of thiazole rings is 1. The molecule has 236 valence electrons. The summed E-state index contributed by atoms with van der Waals surface area (Å²) in [6.07, 6.45) is 3.70. The van der Waals surface area contributed by atoms with E-state index < -0.39 is 29.5 Å². The third-order valence-electron chi connectivity index (χ3n) is 9.81. The largest absolute Gasteiger partial charge is 0.458 e. The summed E-state index contributed by atoms with van der Waals surface area (Å²) >= 11 is 1.58. The lowest BCUT2D eigenvalue weighted by Gasteiger charge is -2.33. The van der Waals surface area contributed by atoms with Crippen molar-refractivity contribution in [2.45, 2.75) is 97.8 Å². The third-order valence-corrected chi connectivity index (χ3v) is 10.8. The van der Waals surface area contributed by atoms with Crippen LogP contribution in [0.1, 0.15) is 85.1 Å². The highest BCUT2D eigenvalue weighted by Gasteiger charge is 2.50. The van der Waals surface area contributed by atoms with Gasteiger partial charge in [0.25, 0.3) is 0 Å². The highest BCUT2D eigenvalue weighted by molar-refractivity contribution is 7.19. The summed E-state index contributed by atoms with van der Waals surface area (Å²) in [6.45, 7) is 11.3. The number of para-hydroxylation sites is 1. The molecule has 0 amide bonds. The molecule has 0 spiro atoms. The zero-order chi connectivity index (χ0) is 31.5. The molecular weight excluding hydrogens is 564 g/mol. The van der Waals surface area contributed by atoms with Gasteiger partial charge in [0.1, 0.15) is 16.9 Å². The van der Waals surface area contributed by atoms with Gasteiger partial charge < -0.3 is 20.3 Å². The maximum atomic E-state index is 13.4. The minimum atomic E-state index is -1.29. The minimum Gasteiger partial charge on any atom is -0.458 e. The van der Waals surface area contributed by atoms with Gasteiger partial charge in [-0.1, -0.05) is 39.3 Å². The zero-order valence-corrected chi connectivity index (χ0v) is 27.2. The van der Waals surface area contributed by atoms with Crippen LogP contribution in [0.15, 0.2) is 29.8 Å². The number of rotatable bonds is 5. The second-order valence-electron chi connectivity index (χ2n) is 13.5. The van der Waals surface area contributed by atoms with Crippen LogP contribution in [-0.2, 0) is 19.1 Å². The lowest BCUT2D eigenvalue weighted by Crippen LogP contribution is -2.46. The number of ether oxygens (including phenoxy) is 1. The number of aliphatic hydroxyl groups excluding tert-OH is 2. The van der Waals surface area contributed by atoms with Gasteiger partial charge in [0.05, 0.1) is 40.7 Å². The summed E-state index contributed by atoms with van der Waals surface area (Å²) < 4.78 is 7.15. The molecule has 2 heterocycles. The van der Waals surface area contributed by atoms with E-state index in [1.807, 2.05) is 44.2 Å². The summed E-state index contributed by atoms with van der Waals surface area (Å²) in [4.78, 5) is 44.7. The van der Waals surface area contributed by atoms with Gasteiger partial charge in [-0.2, -0.15) is 0 Å². The van der Waals surface area contributed by atoms with Crippen LogP contribution in [0.5, 0.6) is 0 Å². The van der Waals surface area contributed by atoms with Crippen molar-refractivity contribution in [2.75, 3.05) is 13.2 Å². The Kier molecular flexibility index (Phi) is 10.6. The molecule has 3 N–H and O–H groups in total. The zero-order valence-electron chi connectivity index (χ0n) is 26.4. The molecule has 1 aromatic heterocycles. The summed E-state index contributed by atoms with van der Waals surface area (Å²) in [6, 6.07) is 7.94. The van der Waals surface area contributed by atoms with Gasteiger partial charge in [0.15, 0.2) is 5.78 Å². The van der Waals surface area contributed by atoms with Crippen molar-refractivity contribution in [1.29, 1.82) is 0 Å². The standard InChI is InChI=1S/C34H48N2O6S/c1-20-10-9-13-34(6,35-14-15-37)24-17-23(24)18-26(21(2)16-29-36-25-11-7-8-12-27(25)43-29)42-30(39)19-28(38)33(4,5)32(41)22(3)31(20)40/h7-8,11-12,16,20,22-24,26,28,35,37-38H,9-10,13-15,17-19H2,1-6H3/b21-16+/t20-,22+,23-,24-,26-,28-,34+/m0/s1. The molecule has 0 bridgehead atoms. The number of benzene rings is 1. The molecule has 2 fully saturated rings. The van der Waals surface area contributed by atoms with Gasteiger partial charge in [0, 0.05) is 18.0 Å². The Bertz CT molecular complexity index is 1320.